The molecule has 1 aliphatic rings. The van der Waals surface area contributed by atoms with Crippen LogP contribution in [-0.4, -0.2) is 54.4 Å². The first-order valence-electron chi connectivity index (χ1n) is 7.98. The SMILES string of the molecule is Cc1[nH]c2ccc(C(=O)N(C)CC3CCN(C)C3)cc2c1C. The summed E-state index contributed by atoms with van der Waals surface area (Å²) in [4.78, 5) is 20.2. The number of nitrogens with zero attached hydrogens (tertiary/aromatic N) is 2. The molecule has 1 unspecified atom stereocenters. The Labute approximate surface area is 132 Å². The molecule has 2 aromatic rings. The van der Waals surface area contributed by atoms with Gasteiger partial charge in [0.15, 0.2) is 0 Å². The number of likely N-dealkylation sites (tertiary alicyclic amines) is 1. The van der Waals surface area contributed by atoms with Gasteiger partial charge in [0.2, 0.25) is 0 Å². The average Bonchev–Trinajstić information content (AvgIpc) is 3.02. The molecule has 0 bridgehead atoms. The van der Waals surface area contributed by atoms with Gasteiger partial charge in [-0.3, -0.25) is 4.79 Å². The van der Waals surface area contributed by atoms with Gasteiger partial charge in [-0.1, -0.05) is 0 Å². The highest BCUT2D eigenvalue weighted by molar-refractivity contribution is 5.98. The van der Waals surface area contributed by atoms with E-state index in [1.807, 2.05) is 30.1 Å². The van der Waals surface area contributed by atoms with Crippen molar-refractivity contribution in [3.63, 3.8) is 0 Å². The fourth-order valence-electron chi connectivity index (χ4n) is 3.46. The van der Waals surface area contributed by atoms with Crippen LogP contribution in [0.15, 0.2) is 18.2 Å². The molecule has 1 atom stereocenters. The molecule has 1 N–H and O–H groups in total. The minimum absolute atomic E-state index is 0.120. The summed E-state index contributed by atoms with van der Waals surface area (Å²) in [7, 11) is 4.06. The number of carbonyl (C=O) groups excluding carboxylic acids is 1. The number of aromatic nitrogens is 1. The molecule has 3 rings (SSSR count). The molecule has 1 aromatic heterocycles. The van der Waals surface area contributed by atoms with Gasteiger partial charge in [-0.2, -0.15) is 0 Å². The smallest absolute Gasteiger partial charge is 0.253 e. The van der Waals surface area contributed by atoms with Crippen molar-refractivity contribution in [3.05, 3.63) is 35.0 Å². The van der Waals surface area contributed by atoms with Crippen molar-refractivity contribution < 1.29 is 4.79 Å². The van der Waals surface area contributed by atoms with Gasteiger partial charge < -0.3 is 14.8 Å². The van der Waals surface area contributed by atoms with E-state index in [-0.39, 0.29) is 5.91 Å². The molecular formula is C18H25N3O. The van der Waals surface area contributed by atoms with E-state index in [0.29, 0.717) is 5.92 Å². The Morgan fingerprint density at radius 1 is 1.41 bits per heavy atom. The van der Waals surface area contributed by atoms with E-state index >= 15 is 0 Å². The number of amides is 1. The van der Waals surface area contributed by atoms with Crippen LogP contribution in [0.1, 0.15) is 28.0 Å². The van der Waals surface area contributed by atoms with Crippen LogP contribution >= 0.6 is 0 Å². The largest absolute Gasteiger partial charge is 0.358 e. The molecular weight excluding hydrogens is 274 g/mol. The molecule has 0 aliphatic carbocycles. The number of benzene rings is 1. The second kappa shape index (κ2) is 5.76. The summed E-state index contributed by atoms with van der Waals surface area (Å²) in [6.07, 6.45) is 1.18. The van der Waals surface area contributed by atoms with Crippen LogP contribution in [-0.2, 0) is 0 Å². The van der Waals surface area contributed by atoms with Gasteiger partial charge in [-0.15, -0.1) is 0 Å². The third kappa shape index (κ3) is 2.75. The monoisotopic (exact) mass is 299 g/mol. The fraction of sp³-hybridized carbons (Fsp3) is 0.500. The van der Waals surface area contributed by atoms with Crippen molar-refractivity contribution in [2.45, 2.75) is 20.3 Å². The number of aryl methyl sites for hydroxylation is 2. The van der Waals surface area contributed by atoms with E-state index in [1.54, 1.807) is 0 Å². The molecule has 4 nitrogen and oxygen atoms in total. The Morgan fingerprint density at radius 2 is 2.18 bits per heavy atom. The maximum Gasteiger partial charge on any atom is 0.253 e. The zero-order chi connectivity index (χ0) is 15.9. The lowest BCUT2D eigenvalue weighted by molar-refractivity contribution is 0.0774. The lowest BCUT2D eigenvalue weighted by Gasteiger charge is -2.21. The molecule has 118 valence electrons. The van der Waals surface area contributed by atoms with Crippen LogP contribution in [0.3, 0.4) is 0 Å². The average molecular weight is 299 g/mol. The summed E-state index contributed by atoms with van der Waals surface area (Å²) in [6.45, 7) is 7.24. The normalized spacial score (nSPS) is 19.0. The van der Waals surface area contributed by atoms with Crippen molar-refractivity contribution >= 4 is 16.8 Å². The second-order valence-electron chi connectivity index (χ2n) is 6.74. The molecule has 0 spiro atoms. The topological polar surface area (TPSA) is 39.3 Å². The lowest BCUT2D eigenvalue weighted by atomic mass is 10.1. The number of hydrogen-bond donors (Lipinski definition) is 1. The Kier molecular flexibility index (Phi) is 3.96. The highest BCUT2D eigenvalue weighted by atomic mass is 16.2. The van der Waals surface area contributed by atoms with E-state index < -0.39 is 0 Å². The molecule has 2 heterocycles. The molecule has 1 saturated heterocycles. The molecule has 1 aliphatic heterocycles. The van der Waals surface area contributed by atoms with Gasteiger partial charge in [-0.25, -0.2) is 0 Å². The van der Waals surface area contributed by atoms with Crippen LogP contribution in [0.2, 0.25) is 0 Å². The van der Waals surface area contributed by atoms with Crippen LogP contribution in [0, 0.1) is 19.8 Å². The minimum Gasteiger partial charge on any atom is -0.358 e. The van der Waals surface area contributed by atoms with E-state index in [0.717, 1.165) is 36.1 Å². The molecule has 1 aromatic carbocycles. The minimum atomic E-state index is 0.120. The maximum absolute atomic E-state index is 12.7. The summed E-state index contributed by atoms with van der Waals surface area (Å²) in [6, 6.07) is 5.96. The third-order valence-corrected chi connectivity index (χ3v) is 4.92. The van der Waals surface area contributed by atoms with E-state index in [4.69, 9.17) is 0 Å². The first kappa shape index (κ1) is 15.1. The number of nitrogens with one attached hydrogen (secondary N) is 1. The van der Waals surface area contributed by atoms with Gasteiger partial charge in [0, 0.05) is 42.3 Å². The second-order valence-corrected chi connectivity index (χ2v) is 6.74. The van der Waals surface area contributed by atoms with Crippen LogP contribution in [0.4, 0.5) is 0 Å². The number of hydrogen-bond acceptors (Lipinski definition) is 2. The number of carbonyl (C=O) groups is 1. The maximum atomic E-state index is 12.7. The molecule has 22 heavy (non-hydrogen) atoms. The van der Waals surface area contributed by atoms with Gasteiger partial charge in [0.1, 0.15) is 0 Å². The van der Waals surface area contributed by atoms with Gasteiger partial charge in [0.25, 0.3) is 5.91 Å². The zero-order valence-corrected chi connectivity index (χ0v) is 13.9. The van der Waals surface area contributed by atoms with Gasteiger partial charge in [-0.05, 0) is 63.5 Å². The van der Waals surface area contributed by atoms with Crippen molar-refractivity contribution in [1.82, 2.24) is 14.8 Å². The fourth-order valence-corrected chi connectivity index (χ4v) is 3.46. The summed E-state index contributed by atoms with van der Waals surface area (Å²) in [5, 5.41) is 1.15. The number of H-pyrrole nitrogens is 1. The lowest BCUT2D eigenvalue weighted by Crippen LogP contribution is -2.32. The van der Waals surface area contributed by atoms with E-state index in [1.165, 1.54) is 17.7 Å². The summed E-state index contributed by atoms with van der Waals surface area (Å²) >= 11 is 0. The first-order chi connectivity index (χ1) is 10.5. The number of fused-ring (bicyclic) bond motifs is 1. The van der Waals surface area contributed by atoms with Crippen molar-refractivity contribution in [2.75, 3.05) is 33.7 Å². The Hall–Kier alpha value is -1.81. The summed E-state index contributed by atoms with van der Waals surface area (Å²) in [5.74, 6) is 0.716. The quantitative estimate of drug-likeness (QED) is 0.946. The third-order valence-electron chi connectivity index (χ3n) is 4.92. The standard InChI is InChI=1S/C18H25N3O/c1-12-13(2)19-17-6-5-15(9-16(12)17)18(22)21(4)11-14-7-8-20(3)10-14/h5-6,9,14,19H,7-8,10-11H2,1-4H3. The number of rotatable bonds is 3. The molecule has 1 fully saturated rings. The van der Waals surface area contributed by atoms with Crippen LogP contribution in [0.25, 0.3) is 10.9 Å². The predicted octanol–water partition coefficient (Wildman–Crippen LogP) is 2.81. The zero-order valence-electron chi connectivity index (χ0n) is 13.9. The predicted molar refractivity (Wildman–Crippen MR) is 90.3 cm³/mol. The molecule has 4 heteroatoms. The molecule has 0 saturated carbocycles. The Morgan fingerprint density at radius 3 is 2.86 bits per heavy atom. The number of aromatic amines is 1. The Balaban J connectivity index is 1.77. The highest BCUT2D eigenvalue weighted by Gasteiger charge is 2.23. The first-order valence-corrected chi connectivity index (χ1v) is 7.98. The highest BCUT2D eigenvalue weighted by Crippen LogP contribution is 2.23. The van der Waals surface area contributed by atoms with E-state index in [9.17, 15) is 4.79 Å². The molecule has 0 radical (unpaired) electrons. The summed E-state index contributed by atoms with van der Waals surface area (Å²) in [5.41, 5.74) is 4.28. The molecule has 1 amide bonds. The van der Waals surface area contributed by atoms with Crippen molar-refractivity contribution in [1.29, 1.82) is 0 Å². The van der Waals surface area contributed by atoms with E-state index in [2.05, 4.69) is 30.8 Å². The van der Waals surface area contributed by atoms with Crippen molar-refractivity contribution in [2.24, 2.45) is 5.92 Å². The Bertz CT molecular complexity index is 704. The van der Waals surface area contributed by atoms with Crippen molar-refractivity contribution in [3.8, 4) is 0 Å². The van der Waals surface area contributed by atoms with Crippen LogP contribution in [0.5, 0.6) is 0 Å². The van der Waals surface area contributed by atoms with Gasteiger partial charge >= 0.3 is 0 Å². The van der Waals surface area contributed by atoms with Crippen LogP contribution < -0.4 is 0 Å². The summed E-state index contributed by atoms with van der Waals surface area (Å²) < 4.78 is 0. The van der Waals surface area contributed by atoms with Gasteiger partial charge in [0.05, 0.1) is 0 Å².